The van der Waals surface area contributed by atoms with Crippen molar-refractivity contribution in [2.45, 2.75) is 228 Å². The summed E-state index contributed by atoms with van der Waals surface area (Å²) in [5.74, 6) is -17.4. The lowest BCUT2D eigenvalue weighted by molar-refractivity contribution is -0.160. The van der Waals surface area contributed by atoms with Gasteiger partial charge in [0.15, 0.2) is 18.0 Å². The number of guanidine groups is 2. The molecule has 2 aliphatic heterocycles. The van der Waals surface area contributed by atoms with Crippen LogP contribution in [-0.4, -0.2) is 280 Å². The summed E-state index contributed by atoms with van der Waals surface area (Å²) < 4.78 is 42.1. The Kier molecular flexibility index (Phi) is 67.2. The van der Waals surface area contributed by atoms with Gasteiger partial charge < -0.3 is 136 Å². The molecule has 0 radical (unpaired) electrons. The van der Waals surface area contributed by atoms with Gasteiger partial charge in [0.1, 0.15) is 59.9 Å². The van der Waals surface area contributed by atoms with Gasteiger partial charge in [0.2, 0.25) is 70.9 Å². The molecule has 0 aliphatic carbocycles. The molecule has 784 valence electrons. The van der Waals surface area contributed by atoms with Crippen molar-refractivity contribution in [2.75, 3.05) is 98.6 Å². The minimum atomic E-state index is -4.53. The number of benzene rings is 2. The van der Waals surface area contributed by atoms with E-state index in [0.717, 1.165) is 12.8 Å². The maximum Gasteiger partial charge on any atom is 0.472 e. The number of aliphatic carboxylic acids is 2. The normalized spacial score (nSPS) is 17.8. The van der Waals surface area contributed by atoms with Crippen molar-refractivity contribution in [1.82, 2.24) is 90.4 Å². The van der Waals surface area contributed by atoms with Gasteiger partial charge in [0.25, 0.3) is 17.7 Å². The quantitative estimate of drug-likeness (QED) is 0.00923. The maximum atomic E-state index is 14.2. The van der Waals surface area contributed by atoms with Crippen LogP contribution in [0, 0.1) is 10.8 Å². The first kappa shape index (κ1) is 128. The van der Waals surface area contributed by atoms with E-state index in [1.54, 1.807) is 74.5 Å². The number of amides is 15. The molecule has 140 heavy (non-hydrogen) atoms. The second-order valence-corrected chi connectivity index (χ2v) is 31.5. The standard InChI is InChI=1S/C62H85N19O17.C23H43N2O12P.4CH4/c1-2-46(82)73-41(52(90)68-26-12-10-20-40-56(94)77-38(22-14-28-70-62(65)66)54(92)72-34-49(85)75-45(32-51(88)89)60(98)81-43(58(96)79-40)30-36-17-7-4-8-18-36)23-24-47(83)67-25-11-9-19-39-55(93)76-37(21-13-27-69-61(63)64)53(91)71-33-48(84)74-44(31-50(86)87)59(97)80-42(57(95)78-39)29-35-15-5-3-6-16-35;1-4-22(28)34-17-19(37-23(29)5-2)18-36-38(30,31)35-14-12-25-21(27)10-9-20(26)24-11-7-8-13-33-16-15-32-6-3;;;;/h3-8,15-18,23,30-31,37-40,42,45H,2,9-14,19-22,24-29,32-34H2,1H3,(H,67,83)(H,68,90)(H,71,91)(H,72,92)(H,73,82)(H,74,84)(H,75,85)(H,76,93)(H,77,94)(H,78,95)(H,79,96)(H,80,97)(H,81,98)(H,86,87)(H,88,89)(H4,63,64,69)(H4,65,66,70);19H,4-18H2,1-3H3,(H,24,26)(H,25,27)(H,30,31);4*1H4/b41-23+,43-30-,44-31+;;;;;/t37-,38-,39-,40-,42+,45-;19-;;;;/m01..../s1. The number of hydrogen-bond acceptors (Lipinski definition) is 28. The SMILES string of the molecule is C.C.C.C.CCC(=O)N/C(=C/CC(=O)NCCCC[C@@H]1NC(=O)[C@@H](Cc2ccccc2)NC(=O)/C(=C\C(=O)O)NC(=O)CNC(=O)[C@H](CCCNC(=N)N)NC1=O)C(=O)NCCCC[C@@H]1NC(=O)/C(=C/c2ccccc2)NC(=O)[C@H](CC(=O)O)NC(=O)CNC(=O)[C@H](CCCNC(=N)N)NC1=O.CCOCCOCCCCNC(=O)CCC(=O)NCCOP(=O)(O)OC[C@@H](COC(=O)CC)OC(=O)CC. The molecule has 0 saturated carbocycles. The molecule has 51 heteroatoms. The van der Waals surface area contributed by atoms with Gasteiger partial charge in [-0.25, -0.2) is 9.36 Å². The molecule has 2 fully saturated rings. The number of phosphoric acid groups is 1. The number of esters is 2. The number of phosphoric ester groups is 1. The highest BCUT2D eigenvalue weighted by molar-refractivity contribution is 7.47. The van der Waals surface area contributed by atoms with Gasteiger partial charge in [-0.15, -0.1) is 0 Å². The molecule has 50 nitrogen and oxygen atoms in total. The van der Waals surface area contributed by atoms with Crippen LogP contribution >= 0.6 is 7.82 Å². The molecule has 4 rings (SSSR count). The highest BCUT2D eigenvalue weighted by atomic mass is 31.2. The molecule has 2 aliphatic rings. The zero-order valence-electron chi connectivity index (χ0n) is 76.4. The first-order chi connectivity index (χ1) is 64.8. The van der Waals surface area contributed by atoms with Crippen molar-refractivity contribution in [3.63, 3.8) is 0 Å². The topological polar surface area (TPSA) is 762 Å². The number of nitrogens with two attached hydrogens (primary N) is 2. The lowest BCUT2D eigenvalue weighted by Crippen LogP contribution is -2.57. The second kappa shape index (κ2) is 73.4. The van der Waals surface area contributed by atoms with E-state index in [1.165, 1.54) is 19.1 Å². The fourth-order valence-electron chi connectivity index (χ4n) is 12.0. The van der Waals surface area contributed by atoms with E-state index in [2.05, 4.69) is 90.4 Å². The largest absolute Gasteiger partial charge is 0.481 e. The van der Waals surface area contributed by atoms with Crippen LogP contribution in [0.15, 0.2) is 89.9 Å². The summed E-state index contributed by atoms with van der Waals surface area (Å²) in [4.78, 5) is 256. The number of carboxylic acids is 2. The lowest BCUT2D eigenvalue weighted by atomic mass is 10.0. The number of nitrogens with one attached hydrogen (secondary N) is 19. The zero-order valence-corrected chi connectivity index (χ0v) is 77.2. The van der Waals surface area contributed by atoms with Crippen molar-refractivity contribution in [1.29, 1.82) is 10.8 Å². The molecule has 0 spiro atoms. The van der Waals surface area contributed by atoms with Crippen molar-refractivity contribution >= 4 is 138 Å². The smallest absolute Gasteiger partial charge is 0.472 e. The Hall–Kier alpha value is -13.8. The minimum Gasteiger partial charge on any atom is -0.481 e. The number of carbonyl (C=O) groups excluding carboxylic acids is 17. The third-order valence-electron chi connectivity index (χ3n) is 19.1. The summed E-state index contributed by atoms with van der Waals surface area (Å²) in [5, 5.41) is 76.4. The lowest BCUT2D eigenvalue weighted by Gasteiger charge is -2.25. The van der Waals surface area contributed by atoms with Crippen LogP contribution in [0.3, 0.4) is 0 Å². The van der Waals surface area contributed by atoms with E-state index < -0.39 is 201 Å². The Balaban J connectivity index is 0. The Bertz CT molecular complexity index is 4510. The van der Waals surface area contributed by atoms with Crippen LogP contribution in [0.2, 0.25) is 0 Å². The van der Waals surface area contributed by atoms with Crippen LogP contribution in [0.25, 0.3) is 6.08 Å². The van der Waals surface area contributed by atoms with Gasteiger partial charge in [-0.3, -0.25) is 106 Å². The van der Waals surface area contributed by atoms with E-state index in [0.29, 0.717) is 50.2 Å². The highest BCUT2D eigenvalue weighted by Gasteiger charge is 2.35. The van der Waals surface area contributed by atoms with Crippen molar-refractivity contribution in [3.05, 3.63) is 101 Å². The molecular weight excluding hydrogens is 1860 g/mol. The molecule has 2 aromatic carbocycles. The van der Waals surface area contributed by atoms with Crippen LogP contribution in [-0.2, 0) is 130 Å². The molecule has 1 unspecified atom stereocenters. The number of unbranched alkanes of at least 4 members (excludes halogenated alkanes) is 3. The third kappa shape index (κ3) is 58.0. The number of hydrogen-bond donors (Lipinski definition) is 24. The summed E-state index contributed by atoms with van der Waals surface area (Å²) in [6, 6.07) is 7.69. The molecule has 15 amide bonds. The van der Waals surface area contributed by atoms with E-state index in [9.17, 15) is 111 Å². The number of ether oxygens (including phenoxy) is 4. The van der Waals surface area contributed by atoms with Gasteiger partial charge in [0, 0.05) is 97.4 Å². The highest BCUT2D eigenvalue weighted by Crippen LogP contribution is 2.43. The Morgan fingerprint density at radius 1 is 0.486 bits per heavy atom. The van der Waals surface area contributed by atoms with Crippen LogP contribution in [0.1, 0.15) is 191 Å². The molecular formula is C89H144N21O29P. The molecule has 0 aromatic heterocycles. The molecule has 2 heterocycles. The fourth-order valence-corrected chi connectivity index (χ4v) is 12.8. The average molecular weight is 2000 g/mol. The van der Waals surface area contributed by atoms with Gasteiger partial charge in [-0.2, -0.15) is 0 Å². The van der Waals surface area contributed by atoms with Crippen molar-refractivity contribution in [3.8, 4) is 0 Å². The minimum absolute atomic E-state index is 0. The predicted molar refractivity (Wildman–Crippen MR) is 511 cm³/mol. The van der Waals surface area contributed by atoms with Crippen LogP contribution in [0.5, 0.6) is 0 Å². The Morgan fingerprint density at radius 2 is 0.971 bits per heavy atom. The Labute approximate surface area is 814 Å². The van der Waals surface area contributed by atoms with Gasteiger partial charge in [-0.05, 0) is 107 Å². The summed E-state index contributed by atoms with van der Waals surface area (Å²) in [7, 11) is -4.53. The number of rotatable bonds is 53. The summed E-state index contributed by atoms with van der Waals surface area (Å²) in [6.45, 7) is 6.62. The summed E-state index contributed by atoms with van der Waals surface area (Å²) in [6.07, 6.45) is 2.20. The van der Waals surface area contributed by atoms with E-state index in [1.807, 2.05) is 6.92 Å². The van der Waals surface area contributed by atoms with Gasteiger partial charge >= 0.3 is 31.7 Å². The van der Waals surface area contributed by atoms with Gasteiger partial charge in [-0.1, -0.05) is 111 Å². The zero-order chi connectivity index (χ0) is 101. The van der Waals surface area contributed by atoms with Crippen LogP contribution in [0.4, 0.5) is 0 Å². The second-order valence-electron chi connectivity index (χ2n) is 30.1. The van der Waals surface area contributed by atoms with E-state index in [4.69, 9.17) is 50.3 Å². The van der Waals surface area contributed by atoms with Crippen molar-refractivity contribution < 1.29 is 139 Å². The molecule has 0 bridgehead atoms. The molecule has 26 N–H and O–H groups in total. The molecule has 2 saturated heterocycles. The number of carbonyl (C=O) groups is 19. The Morgan fingerprint density at radius 3 is 1.51 bits per heavy atom. The first-order valence-electron chi connectivity index (χ1n) is 44.2. The fraction of sp³-hybridized carbons (Fsp3) is 0.562. The average Bonchev–Trinajstić information content (AvgIpc) is 1.53. The third-order valence-corrected chi connectivity index (χ3v) is 20.0. The van der Waals surface area contributed by atoms with Gasteiger partial charge in [0.05, 0.1) is 52.0 Å². The summed E-state index contributed by atoms with van der Waals surface area (Å²) >= 11 is 0. The molecule has 2 aromatic rings. The maximum absolute atomic E-state index is 14.2. The molecule has 8 atom stereocenters. The van der Waals surface area contributed by atoms with E-state index in [-0.39, 0.29) is 202 Å². The predicted octanol–water partition coefficient (Wildman–Crippen LogP) is -1.20. The van der Waals surface area contributed by atoms with Crippen molar-refractivity contribution in [2.24, 2.45) is 11.5 Å². The van der Waals surface area contributed by atoms with E-state index >= 15 is 0 Å². The monoisotopic (exact) mass is 2000 g/mol. The summed E-state index contributed by atoms with van der Waals surface area (Å²) in [5.41, 5.74) is 10.2. The number of carboxylic acid groups (broad SMARTS) is 2. The first-order valence-corrected chi connectivity index (χ1v) is 45.7. The van der Waals surface area contributed by atoms with Crippen LogP contribution < -0.4 is 102 Å².